The zero-order valence-electron chi connectivity index (χ0n) is 10.8. The van der Waals surface area contributed by atoms with Crippen molar-refractivity contribution < 1.29 is 23.4 Å². The molecule has 1 aromatic carbocycles. The summed E-state index contributed by atoms with van der Waals surface area (Å²) in [5, 5.41) is 0.991. The number of esters is 1. The minimum absolute atomic E-state index is 0.0798. The summed E-state index contributed by atoms with van der Waals surface area (Å²) >= 11 is 0. The number of carbonyl (C=O) groups excluding carboxylic acids is 1. The van der Waals surface area contributed by atoms with E-state index in [1.54, 1.807) is 7.11 Å². The smallest absolute Gasteiger partial charge is 0.332 e. The summed E-state index contributed by atoms with van der Waals surface area (Å²) in [5.41, 5.74) is 0.782. The van der Waals surface area contributed by atoms with E-state index in [-0.39, 0.29) is 13.2 Å². The highest BCUT2D eigenvalue weighted by molar-refractivity contribution is 5.77. The summed E-state index contributed by atoms with van der Waals surface area (Å²) in [5.74, 6) is 0.197. The first-order valence-electron chi connectivity index (χ1n) is 5.99. The van der Waals surface area contributed by atoms with E-state index in [2.05, 4.69) is 0 Å². The molecule has 0 atom stereocenters. The van der Waals surface area contributed by atoms with Crippen molar-refractivity contribution in [1.82, 2.24) is 0 Å². The Hall–Kier alpha value is -1.85. The Labute approximate surface area is 111 Å². The van der Waals surface area contributed by atoms with Crippen LogP contribution >= 0.6 is 0 Å². The van der Waals surface area contributed by atoms with Gasteiger partial charge in [-0.05, 0) is 12.1 Å². The van der Waals surface area contributed by atoms with Gasteiger partial charge in [-0.2, -0.15) is 0 Å². The van der Waals surface area contributed by atoms with Crippen LogP contribution in [0.25, 0.3) is 11.0 Å². The van der Waals surface area contributed by atoms with Crippen LogP contribution in [-0.4, -0.2) is 32.9 Å². The van der Waals surface area contributed by atoms with E-state index < -0.39 is 5.97 Å². The van der Waals surface area contributed by atoms with Crippen LogP contribution in [0.2, 0.25) is 0 Å². The molecule has 0 aliphatic carbocycles. The normalized spacial score (nSPS) is 10.8. The zero-order chi connectivity index (χ0) is 13.5. The van der Waals surface area contributed by atoms with Gasteiger partial charge in [0.15, 0.2) is 0 Å². The number of hydrogen-bond donors (Lipinski definition) is 0. The number of carbonyl (C=O) groups is 1. The van der Waals surface area contributed by atoms with E-state index in [1.807, 2.05) is 30.3 Å². The van der Waals surface area contributed by atoms with Gasteiger partial charge in [-0.25, -0.2) is 4.79 Å². The third kappa shape index (κ3) is 4.08. The molecule has 102 valence electrons. The highest BCUT2D eigenvalue weighted by Gasteiger charge is 2.07. The van der Waals surface area contributed by atoms with Crippen LogP contribution in [-0.2, 0) is 25.6 Å². The van der Waals surface area contributed by atoms with E-state index in [1.165, 1.54) is 0 Å². The van der Waals surface area contributed by atoms with Crippen LogP contribution in [0.5, 0.6) is 0 Å². The third-order valence-electron chi connectivity index (χ3n) is 2.50. The summed E-state index contributed by atoms with van der Waals surface area (Å²) in [6, 6.07) is 9.49. The average molecular weight is 264 g/mol. The quantitative estimate of drug-likeness (QED) is 0.566. The van der Waals surface area contributed by atoms with Gasteiger partial charge < -0.3 is 18.6 Å². The van der Waals surface area contributed by atoms with E-state index in [4.69, 9.17) is 18.6 Å². The fourth-order valence-corrected chi connectivity index (χ4v) is 1.60. The van der Waals surface area contributed by atoms with E-state index >= 15 is 0 Å². The molecule has 0 unspecified atom stereocenters. The second-order valence-corrected chi connectivity index (χ2v) is 3.96. The van der Waals surface area contributed by atoms with Crippen molar-refractivity contribution in [3.05, 3.63) is 36.1 Å². The van der Waals surface area contributed by atoms with E-state index in [0.717, 1.165) is 11.0 Å². The number of hydrogen-bond acceptors (Lipinski definition) is 5. The van der Waals surface area contributed by atoms with Gasteiger partial charge in [-0.3, -0.25) is 0 Å². The number of para-hydroxylation sites is 1. The molecule has 2 aromatic rings. The molecule has 0 N–H and O–H groups in total. The van der Waals surface area contributed by atoms with Crippen molar-refractivity contribution in [3.63, 3.8) is 0 Å². The first kappa shape index (κ1) is 13.6. The third-order valence-corrected chi connectivity index (χ3v) is 2.50. The molecule has 0 spiro atoms. The summed E-state index contributed by atoms with van der Waals surface area (Å²) in [6.07, 6.45) is 0. The van der Waals surface area contributed by atoms with Gasteiger partial charge >= 0.3 is 5.97 Å². The molecule has 1 aromatic heterocycles. The fourth-order valence-electron chi connectivity index (χ4n) is 1.60. The standard InChI is InChI=1S/C14H16O5/c1-16-6-7-17-10-14(15)18-9-12-8-11-4-2-3-5-13(11)19-12/h2-5,8H,6-7,9-10H2,1H3. The van der Waals surface area contributed by atoms with Gasteiger partial charge in [-0.15, -0.1) is 0 Å². The molecule has 0 aliphatic rings. The molecule has 19 heavy (non-hydrogen) atoms. The number of fused-ring (bicyclic) bond motifs is 1. The van der Waals surface area contributed by atoms with Crippen molar-refractivity contribution in [2.45, 2.75) is 6.61 Å². The lowest BCUT2D eigenvalue weighted by Gasteiger charge is -2.03. The average Bonchev–Trinajstić information content (AvgIpc) is 2.84. The summed E-state index contributed by atoms with van der Waals surface area (Å²) in [4.78, 5) is 11.4. The van der Waals surface area contributed by atoms with Gasteiger partial charge in [0.25, 0.3) is 0 Å². The minimum Gasteiger partial charge on any atom is -0.457 e. The Balaban J connectivity index is 1.77. The molecular formula is C14H16O5. The molecule has 5 nitrogen and oxygen atoms in total. The highest BCUT2D eigenvalue weighted by atomic mass is 16.6. The molecule has 2 rings (SSSR count). The molecule has 0 amide bonds. The maximum absolute atomic E-state index is 11.4. The van der Waals surface area contributed by atoms with Gasteiger partial charge in [0.2, 0.25) is 0 Å². The van der Waals surface area contributed by atoms with Gasteiger partial charge in [0, 0.05) is 12.5 Å². The predicted octanol–water partition coefficient (Wildman–Crippen LogP) is 2.14. The molecule has 0 bridgehead atoms. The van der Waals surface area contributed by atoms with Crippen molar-refractivity contribution >= 4 is 16.9 Å². The number of rotatable bonds is 7. The Bertz CT molecular complexity index is 498. The lowest BCUT2D eigenvalue weighted by Crippen LogP contribution is -2.14. The molecule has 0 aliphatic heterocycles. The minimum atomic E-state index is -0.420. The van der Waals surface area contributed by atoms with Gasteiger partial charge in [0.05, 0.1) is 13.2 Å². The second-order valence-electron chi connectivity index (χ2n) is 3.96. The summed E-state index contributed by atoms with van der Waals surface area (Å²) < 4.78 is 20.4. The van der Waals surface area contributed by atoms with Crippen molar-refractivity contribution in [1.29, 1.82) is 0 Å². The molecule has 0 fully saturated rings. The zero-order valence-corrected chi connectivity index (χ0v) is 10.8. The molecule has 0 saturated carbocycles. The van der Waals surface area contributed by atoms with Gasteiger partial charge in [0.1, 0.15) is 24.6 Å². The summed E-state index contributed by atoms with van der Waals surface area (Å²) in [6.45, 7) is 0.859. The van der Waals surface area contributed by atoms with Crippen LogP contribution < -0.4 is 0 Å². The van der Waals surface area contributed by atoms with Crippen LogP contribution in [0, 0.1) is 0 Å². The topological polar surface area (TPSA) is 57.9 Å². The lowest BCUT2D eigenvalue weighted by molar-refractivity contribution is -0.151. The Morgan fingerprint density at radius 3 is 2.89 bits per heavy atom. The molecule has 0 radical (unpaired) electrons. The van der Waals surface area contributed by atoms with Crippen molar-refractivity contribution in [3.8, 4) is 0 Å². The lowest BCUT2D eigenvalue weighted by atomic mass is 10.2. The maximum atomic E-state index is 11.4. The van der Waals surface area contributed by atoms with E-state index in [9.17, 15) is 4.79 Å². The van der Waals surface area contributed by atoms with Crippen molar-refractivity contribution in [2.24, 2.45) is 0 Å². The van der Waals surface area contributed by atoms with Crippen LogP contribution in [0.15, 0.2) is 34.7 Å². The highest BCUT2D eigenvalue weighted by Crippen LogP contribution is 2.19. The maximum Gasteiger partial charge on any atom is 0.332 e. The van der Waals surface area contributed by atoms with Crippen LogP contribution in [0.1, 0.15) is 5.76 Å². The number of ether oxygens (including phenoxy) is 3. The number of benzene rings is 1. The fraction of sp³-hybridized carbons (Fsp3) is 0.357. The van der Waals surface area contributed by atoms with Crippen molar-refractivity contribution in [2.75, 3.05) is 26.9 Å². The van der Waals surface area contributed by atoms with Crippen LogP contribution in [0.4, 0.5) is 0 Å². The largest absolute Gasteiger partial charge is 0.457 e. The predicted molar refractivity (Wildman–Crippen MR) is 68.7 cm³/mol. The Kier molecular flexibility index (Phi) is 4.94. The molecule has 0 saturated heterocycles. The molecule has 1 heterocycles. The second kappa shape index (κ2) is 6.92. The van der Waals surface area contributed by atoms with E-state index in [0.29, 0.717) is 19.0 Å². The molecular weight excluding hydrogens is 248 g/mol. The molecule has 5 heteroatoms. The van der Waals surface area contributed by atoms with Crippen LogP contribution in [0.3, 0.4) is 0 Å². The van der Waals surface area contributed by atoms with Gasteiger partial charge in [-0.1, -0.05) is 18.2 Å². The Morgan fingerprint density at radius 2 is 2.11 bits per heavy atom. The SMILES string of the molecule is COCCOCC(=O)OCc1cc2ccccc2o1. The first-order chi connectivity index (χ1) is 9.29. The monoisotopic (exact) mass is 264 g/mol. The number of methoxy groups -OCH3 is 1. The Morgan fingerprint density at radius 1 is 1.26 bits per heavy atom. The first-order valence-corrected chi connectivity index (χ1v) is 5.99. The number of furan rings is 1. The summed E-state index contributed by atoms with van der Waals surface area (Å²) in [7, 11) is 1.57.